The third kappa shape index (κ3) is 2.52. The van der Waals surface area contributed by atoms with Crippen molar-refractivity contribution in [2.75, 3.05) is 0 Å². The lowest BCUT2D eigenvalue weighted by atomic mass is 9.86. The molecule has 1 saturated heterocycles. The van der Waals surface area contributed by atoms with Crippen LogP contribution < -0.4 is 0 Å². The Balaban J connectivity index is 2.81. The minimum absolute atomic E-state index is 0.119. The summed E-state index contributed by atoms with van der Waals surface area (Å²) in [6.45, 7) is 11.3. The van der Waals surface area contributed by atoms with Gasteiger partial charge in [-0.05, 0) is 33.6 Å². The summed E-state index contributed by atoms with van der Waals surface area (Å²) in [5.74, 6) is -0.877. The third-order valence-electron chi connectivity index (χ3n) is 4.36. The molecule has 1 fully saturated rings. The summed E-state index contributed by atoms with van der Waals surface area (Å²) >= 11 is 0. The van der Waals surface area contributed by atoms with Crippen LogP contribution in [-0.4, -0.2) is 23.6 Å². The SMILES string of the molecule is CCC(C)(C)C(=O)OC1C(=O)OC(C)(CC)C1C. The number of ether oxygens (including phenoxy) is 2. The Morgan fingerprint density at radius 1 is 1.44 bits per heavy atom. The van der Waals surface area contributed by atoms with Gasteiger partial charge in [0.2, 0.25) is 6.10 Å². The largest absolute Gasteiger partial charge is 0.456 e. The molecule has 0 spiro atoms. The smallest absolute Gasteiger partial charge is 0.348 e. The quantitative estimate of drug-likeness (QED) is 0.726. The van der Waals surface area contributed by atoms with Gasteiger partial charge in [0.15, 0.2) is 0 Å². The number of rotatable bonds is 4. The molecule has 0 N–H and O–H groups in total. The standard InChI is InChI=1S/C14H24O4/c1-7-13(4,5)12(16)17-10-9(3)14(6,8-2)18-11(10)15/h9-10H,7-8H2,1-6H3. The maximum absolute atomic E-state index is 12.0. The Hall–Kier alpha value is -1.06. The van der Waals surface area contributed by atoms with Crippen LogP contribution in [0, 0.1) is 11.3 Å². The van der Waals surface area contributed by atoms with Gasteiger partial charge in [-0.1, -0.05) is 20.8 Å². The monoisotopic (exact) mass is 256 g/mol. The number of cyclic esters (lactones) is 1. The van der Waals surface area contributed by atoms with E-state index in [0.29, 0.717) is 12.8 Å². The number of carbonyl (C=O) groups is 2. The van der Waals surface area contributed by atoms with E-state index in [2.05, 4.69) is 0 Å². The van der Waals surface area contributed by atoms with E-state index in [9.17, 15) is 9.59 Å². The first kappa shape index (κ1) is 15.0. The van der Waals surface area contributed by atoms with Gasteiger partial charge in [-0.3, -0.25) is 4.79 Å². The summed E-state index contributed by atoms with van der Waals surface area (Å²) in [4.78, 5) is 23.8. The molecule has 18 heavy (non-hydrogen) atoms. The number of carbonyl (C=O) groups excluding carboxylic acids is 2. The van der Waals surface area contributed by atoms with Crippen LogP contribution in [0.15, 0.2) is 0 Å². The summed E-state index contributed by atoms with van der Waals surface area (Å²) in [6.07, 6.45) is 0.617. The van der Waals surface area contributed by atoms with Crippen molar-refractivity contribution in [2.24, 2.45) is 11.3 Å². The fourth-order valence-electron chi connectivity index (χ4n) is 1.87. The van der Waals surface area contributed by atoms with Gasteiger partial charge >= 0.3 is 11.9 Å². The van der Waals surface area contributed by atoms with Crippen LogP contribution in [0.4, 0.5) is 0 Å². The lowest BCUT2D eigenvalue weighted by Gasteiger charge is -2.27. The van der Waals surface area contributed by atoms with Crippen LogP contribution >= 0.6 is 0 Å². The van der Waals surface area contributed by atoms with E-state index in [1.54, 1.807) is 0 Å². The van der Waals surface area contributed by atoms with E-state index in [-0.39, 0.29) is 11.9 Å². The molecule has 1 rings (SSSR count). The summed E-state index contributed by atoms with van der Waals surface area (Å²) in [6, 6.07) is 0. The van der Waals surface area contributed by atoms with Crippen molar-refractivity contribution in [3.63, 3.8) is 0 Å². The van der Waals surface area contributed by atoms with Crippen molar-refractivity contribution < 1.29 is 19.1 Å². The van der Waals surface area contributed by atoms with Crippen LogP contribution in [0.1, 0.15) is 54.4 Å². The maximum atomic E-state index is 12.0. The van der Waals surface area contributed by atoms with E-state index in [1.165, 1.54) is 0 Å². The van der Waals surface area contributed by atoms with E-state index < -0.39 is 23.1 Å². The average molecular weight is 256 g/mol. The first-order valence-corrected chi connectivity index (χ1v) is 6.62. The highest BCUT2D eigenvalue weighted by Gasteiger charge is 2.52. The molecule has 3 atom stereocenters. The van der Waals surface area contributed by atoms with Gasteiger partial charge in [-0.2, -0.15) is 0 Å². The van der Waals surface area contributed by atoms with Crippen LogP contribution in [0.5, 0.6) is 0 Å². The Morgan fingerprint density at radius 2 is 2.00 bits per heavy atom. The van der Waals surface area contributed by atoms with Crippen LogP contribution in [0.3, 0.4) is 0 Å². The minimum atomic E-state index is -0.770. The predicted molar refractivity (Wildman–Crippen MR) is 67.9 cm³/mol. The van der Waals surface area contributed by atoms with Crippen molar-refractivity contribution in [1.29, 1.82) is 0 Å². The van der Waals surface area contributed by atoms with Gasteiger partial charge < -0.3 is 9.47 Å². The maximum Gasteiger partial charge on any atom is 0.348 e. The molecular weight excluding hydrogens is 232 g/mol. The van der Waals surface area contributed by atoms with Gasteiger partial charge in [0, 0.05) is 5.92 Å². The Bertz CT molecular complexity index is 348. The highest BCUT2D eigenvalue weighted by Crippen LogP contribution is 2.38. The molecule has 1 aliphatic heterocycles. The second-order valence-electron chi connectivity index (χ2n) is 5.94. The first-order valence-electron chi connectivity index (χ1n) is 6.62. The lowest BCUT2D eigenvalue weighted by molar-refractivity contribution is -0.169. The minimum Gasteiger partial charge on any atom is -0.456 e. The zero-order valence-electron chi connectivity index (χ0n) is 12.2. The van der Waals surface area contributed by atoms with Crippen molar-refractivity contribution >= 4 is 11.9 Å². The van der Waals surface area contributed by atoms with Crippen molar-refractivity contribution in [3.8, 4) is 0 Å². The number of esters is 2. The summed E-state index contributed by atoms with van der Waals surface area (Å²) < 4.78 is 10.7. The zero-order chi connectivity index (χ0) is 14.1. The normalized spacial score (nSPS) is 32.2. The van der Waals surface area contributed by atoms with Gasteiger partial charge in [0.25, 0.3) is 0 Å². The highest BCUT2D eigenvalue weighted by atomic mass is 16.6. The Morgan fingerprint density at radius 3 is 2.39 bits per heavy atom. The zero-order valence-corrected chi connectivity index (χ0v) is 12.2. The Kier molecular flexibility index (Phi) is 4.08. The molecule has 104 valence electrons. The summed E-state index contributed by atoms with van der Waals surface area (Å²) in [5, 5.41) is 0. The molecule has 0 radical (unpaired) electrons. The molecule has 0 aromatic carbocycles. The first-order chi connectivity index (χ1) is 8.18. The van der Waals surface area contributed by atoms with E-state index >= 15 is 0 Å². The number of hydrogen-bond acceptors (Lipinski definition) is 4. The molecule has 0 amide bonds. The molecule has 0 aromatic rings. The molecule has 0 saturated carbocycles. The van der Waals surface area contributed by atoms with Crippen LogP contribution in [0.25, 0.3) is 0 Å². The van der Waals surface area contributed by atoms with E-state index in [0.717, 1.165) is 0 Å². The second kappa shape index (κ2) is 4.90. The van der Waals surface area contributed by atoms with Crippen LogP contribution in [-0.2, 0) is 19.1 Å². The molecule has 0 aliphatic carbocycles. The Labute approximate surface area is 109 Å². The molecule has 0 bridgehead atoms. The predicted octanol–water partition coefficient (Wildman–Crippen LogP) is 2.70. The van der Waals surface area contributed by atoms with Crippen molar-refractivity contribution in [3.05, 3.63) is 0 Å². The fraction of sp³-hybridized carbons (Fsp3) is 0.857. The topological polar surface area (TPSA) is 52.6 Å². The molecule has 4 nitrogen and oxygen atoms in total. The molecule has 0 aromatic heterocycles. The molecular formula is C14H24O4. The fourth-order valence-corrected chi connectivity index (χ4v) is 1.87. The van der Waals surface area contributed by atoms with Crippen LogP contribution in [0.2, 0.25) is 0 Å². The average Bonchev–Trinajstić information content (AvgIpc) is 2.53. The molecule has 1 heterocycles. The molecule has 1 aliphatic rings. The van der Waals surface area contributed by atoms with Gasteiger partial charge in [0.05, 0.1) is 5.41 Å². The lowest BCUT2D eigenvalue weighted by Crippen LogP contribution is -2.37. The van der Waals surface area contributed by atoms with E-state index in [4.69, 9.17) is 9.47 Å². The van der Waals surface area contributed by atoms with Crippen molar-refractivity contribution in [1.82, 2.24) is 0 Å². The van der Waals surface area contributed by atoms with Gasteiger partial charge in [-0.15, -0.1) is 0 Å². The second-order valence-corrected chi connectivity index (χ2v) is 5.94. The summed E-state index contributed by atoms with van der Waals surface area (Å²) in [7, 11) is 0. The van der Waals surface area contributed by atoms with Gasteiger partial charge in [0.1, 0.15) is 5.60 Å². The highest BCUT2D eigenvalue weighted by molar-refractivity contribution is 5.83. The van der Waals surface area contributed by atoms with E-state index in [1.807, 2.05) is 41.5 Å². The van der Waals surface area contributed by atoms with Crippen molar-refractivity contribution in [2.45, 2.75) is 66.1 Å². The molecule has 3 unspecified atom stereocenters. The third-order valence-corrected chi connectivity index (χ3v) is 4.36. The summed E-state index contributed by atoms with van der Waals surface area (Å²) in [5.41, 5.74) is -1.09. The molecule has 4 heteroatoms. The van der Waals surface area contributed by atoms with Gasteiger partial charge in [-0.25, -0.2) is 4.79 Å². The number of hydrogen-bond donors (Lipinski definition) is 0.